The zero-order valence-electron chi connectivity index (χ0n) is 11.9. The Hall–Kier alpha value is -1.31. The molecule has 1 amide bonds. The molecule has 0 spiro atoms. The zero-order valence-corrected chi connectivity index (χ0v) is 13.6. The number of hydrogen-bond acceptors (Lipinski definition) is 5. The fourth-order valence-corrected chi connectivity index (χ4v) is 3.26. The molecule has 0 aromatic heterocycles. The van der Waals surface area contributed by atoms with Crippen molar-refractivity contribution < 1.29 is 18.3 Å². The van der Waals surface area contributed by atoms with Gasteiger partial charge in [0.25, 0.3) is 0 Å². The molecular formula is C14H19NO4S2. The van der Waals surface area contributed by atoms with Crippen molar-refractivity contribution in [2.24, 2.45) is 0 Å². The first-order valence-electron chi connectivity index (χ1n) is 6.24. The molecule has 0 aliphatic carbocycles. The maximum absolute atomic E-state index is 11.9. The third kappa shape index (κ3) is 6.33. The summed E-state index contributed by atoms with van der Waals surface area (Å²) in [6.45, 7) is 1.66. The summed E-state index contributed by atoms with van der Waals surface area (Å²) in [6, 6.07) is 7.85. The van der Waals surface area contributed by atoms with Crippen molar-refractivity contribution in [3.8, 4) is 0 Å². The molecular weight excluding hydrogens is 310 g/mol. The Bertz CT molecular complexity index is 595. The molecule has 0 fully saturated rings. The van der Waals surface area contributed by atoms with Crippen LogP contribution in [0.1, 0.15) is 6.92 Å². The van der Waals surface area contributed by atoms with Gasteiger partial charge in [-0.1, -0.05) is 18.2 Å². The minimum absolute atomic E-state index is 0.0579. The number of amides is 1. The lowest BCUT2D eigenvalue weighted by atomic mass is 10.1. The van der Waals surface area contributed by atoms with Crippen LogP contribution in [0.15, 0.2) is 46.7 Å². The Kier molecular flexibility index (Phi) is 6.44. The van der Waals surface area contributed by atoms with Crippen LogP contribution in [0.2, 0.25) is 0 Å². The third-order valence-corrected chi connectivity index (χ3v) is 4.90. The molecule has 21 heavy (non-hydrogen) atoms. The lowest BCUT2D eigenvalue weighted by molar-refractivity contribution is -0.117. The molecule has 1 atom stereocenters. The molecule has 1 rings (SSSR count). The van der Waals surface area contributed by atoms with Crippen LogP contribution in [0, 0.1) is 0 Å². The second kappa shape index (κ2) is 7.63. The van der Waals surface area contributed by atoms with E-state index in [9.17, 15) is 18.3 Å². The van der Waals surface area contributed by atoms with Crippen molar-refractivity contribution in [2.45, 2.75) is 17.4 Å². The lowest BCUT2D eigenvalue weighted by Crippen LogP contribution is -2.41. The van der Waals surface area contributed by atoms with Crippen LogP contribution in [0.4, 0.5) is 0 Å². The van der Waals surface area contributed by atoms with Crippen LogP contribution in [0.3, 0.4) is 0 Å². The first kappa shape index (κ1) is 17.7. The van der Waals surface area contributed by atoms with E-state index in [1.807, 2.05) is 6.26 Å². The van der Waals surface area contributed by atoms with E-state index in [0.29, 0.717) is 5.75 Å². The fourth-order valence-electron chi connectivity index (χ4n) is 1.54. The molecule has 0 saturated carbocycles. The normalized spacial score (nSPS) is 14.8. The van der Waals surface area contributed by atoms with Gasteiger partial charge in [0.1, 0.15) is 0 Å². The minimum atomic E-state index is -3.63. The summed E-state index contributed by atoms with van der Waals surface area (Å²) in [5.41, 5.74) is -1.03. The van der Waals surface area contributed by atoms with Crippen LogP contribution in [-0.4, -0.2) is 43.6 Å². The van der Waals surface area contributed by atoms with Crippen molar-refractivity contribution in [1.82, 2.24) is 5.32 Å². The highest BCUT2D eigenvalue weighted by Crippen LogP contribution is 2.11. The van der Waals surface area contributed by atoms with Gasteiger partial charge in [0, 0.05) is 23.8 Å². The zero-order chi connectivity index (χ0) is 15.9. The topological polar surface area (TPSA) is 83.5 Å². The molecule has 0 radical (unpaired) electrons. The van der Waals surface area contributed by atoms with Crippen LogP contribution >= 0.6 is 11.8 Å². The van der Waals surface area contributed by atoms with Gasteiger partial charge in [-0.3, -0.25) is 4.79 Å². The van der Waals surface area contributed by atoms with E-state index in [4.69, 9.17) is 0 Å². The molecule has 5 nitrogen and oxygen atoms in total. The van der Waals surface area contributed by atoms with E-state index in [2.05, 4.69) is 5.32 Å². The van der Waals surface area contributed by atoms with Crippen LogP contribution < -0.4 is 5.32 Å². The first-order valence-corrected chi connectivity index (χ1v) is 9.18. The standard InChI is InChI=1S/C14H19NO4S2/c1-14(17,11-20-2)10-15-13(16)8-9-21(18,19)12-6-4-3-5-7-12/h3-9,17H,10-11H2,1-2H3,(H,15,16)/b9-8+. The molecule has 0 aliphatic heterocycles. The summed E-state index contributed by atoms with van der Waals surface area (Å²) in [7, 11) is -3.63. The Morgan fingerprint density at radius 2 is 2.00 bits per heavy atom. The Morgan fingerprint density at radius 3 is 2.57 bits per heavy atom. The maximum atomic E-state index is 11.9. The number of benzene rings is 1. The van der Waals surface area contributed by atoms with Crippen LogP contribution in [-0.2, 0) is 14.6 Å². The summed E-state index contributed by atoms with van der Waals surface area (Å²) >= 11 is 1.46. The molecule has 1 aromatic rings. The van der Waals surface area contributed by atoms with Crippen molar-refractivity contribution in [2.75, 3.05) is 18.6 Å². The number of carbonyl (C=O) groups excluding carboxylic acids is 1. The number of hydrogen-bond donors (Lipinski definition) is 2. The summed E-state index contributed by atoms with van der Waals surface area (Å²) in [6.07, 6.45) is 2.81. The number of nitrogens with one attached hydrogen (secondary N) is 1. The van der Waals surface area contributed by atoms with E-state index in [1.54, 1.807) is 25.1 Å². The largest absolute Gasteiger partial charge is 0.387 e. The predicted molar refractivity (Wildman–Crippen MR) is 84.8 cm³/mol. The lowest BCUT2D eigenvalue weighted by Gasteiger charge is -2.21. The first-order chi connectivity index (χ1) is 9.77. The van der Waals surface area contributed by atoms with Crippen molar-refractivity contribution in [1.29, 1.82) is 0 Å². The van der Waals surface area contributed by atoms with Gasteiger partial charge in [-0.25, -0.2) is 8.42 Å². The average molecular weight is 329 g/mol. The Morgan fingerprint density at radius 1 is 1.38 bits per heavy atom. The minimum Gasteiger partial charge on any atom is -0.387 e. The van der Waals surface area contributed by atoms with Crippen molar-refractivity contribution in [3.63, 3.8) is 0 Å². The number of aliphatic hydroxyl groups is 1. The summed E-state index contributed by atoms with van der Waals surface area (Å²) < 4.78 is 23.8. The molecule has 0 bridgehead atoms. The molecule has 0 saturated heterocycles. The van der Waals surface area contributed by atoms with Gasteiger partial charge in [0.15, 0.2) is 9.84 Å². The van der Waals surface area contributed by atoms with E-state index in [1.165, 1.54) is 23.9 Å². The summed E-state index contributed by atoms with van der Waals surface area (Å²) in [5.74, 6) is -0.0878. The highest BCUT2D eigenvalue weighted by atomic mass is 32.2. The Labute approximate surface area is 129 Å². The SMILES string of the molecule is CSCC(C)(O)CNC(=O)/C=C/S(=O)(=O)c1ccccc1. The average Bonchev–Trinajstić information content (AvgIpc) is 2.44. The quantitative estimate of drug-likeness (QED) is 0.735. The van der Waals surface area contributed by atoms with Gasteiger partial charge in [-0.2, -0.15) is 11.8 Å². The predicted octanol–water partition coefficient (Wildman–Crippen LogP) is 1.20. The molecule has 2 N–H and O–H groups in total. The van der Waals surface area contributed by atoms with Gasteiger partial charge in [0.05, 0.1) is 10.5 Å². The van der Waals surface area contributed by atoms with Crippen LogP contribution in [0.25, 0.3) is 0 Å². The van der Waals surface area contributed by atoms with Gasteiger partial charge < -0.3 is 10.4 Å². The van der Waals surface area contributed by atoms with Crippen molar-refractivity contribution in [3.05, 3.63) is 41.8 Å². The van der Waals surface area contributed by atoms with Gasteiger partial charge in [-0.15, -0.1) is 0 Å². The summed E-state index contributed by atoms with van der Waals surface area (Å²) in [4.78, 5) is 11.7. The highest BCUT2D eigenvalue weighted by molar-refractivity contribution is 7.98. The summed E-state index contributed by atoms with van der Waals surface area (Å²) in [5, 5.41) is 13.2. The third-order valence-electron chi connectivity index (χ3n) is 2.57. The van der Waals surface area contributed by atoms with Crippen LogP contribution in [0.5, 0.6) is 0 Å². The second-order valence-corrected chi connectivity index (χ2v) is 7.51. The second-order valence-electron chi connectivity index (χ2n) is 4.81. The number of rotatable bonds is 7. The van der Waals surface area contributed by atoms with Gasteiger partial charge in [-0.05, 0) is 25.3 Å². The number of thioether (sulfide) groups is 1. The van der Waals surface area contributed by atoms with E-state index < -0.39 is 21.3 Å². The highest BCUT2D eigenvalue weighted by Gasteiger charge is 2.20. The molecule has 1 aromatic carbocycles. The number of sulfone groups is 1. The Balaban J connectivity index is 2.63. The molecule has 116 valence electrons. The monoisotopic (exact) mass is 329 g/mol. The van der Waals surface area contributed by atoms with E-state index in [0.717, 1.165) is 11.5 Å². The van der Waals surface area contributed by atoms with Gasteiger partial charge in [0.2, 0.25) is 5.91 Å². The molecule has 0 heterocycles. The maximum Gasteiger partial charge on any atom is 0.244 e. The fraction of sp³-hybridized carbons (Fsp3) is 0.357. The van der Waals surface area contributed by atoms with E-state index >= 15 is 0 Å². The molecule has 0 aliphatic rings. The molecule has 1 unspecified atom stereocenters. The van der Waals surface area contributed by atoms with E-state index in [-0.39, 0.29) is 11.4 Å². The number of carbonyl (C=O) groups is 1. The van der Waals surface area contributed by atoms with Crippen molar-refractivity contribution >= 4 is 27.5 Å². The molecule has 7 heteroatoms. The van der Waals surface area contributed by atoms with Gasteiger partial charge >= 0.3 is 0 Å². The smallest absolute Gasteiger partial charge is 0.244 e.